The number of piperazine rings is 1. The first-order chi connectivity index (χ1) is 16.0. The molecule has 1 aromatic heterocycles. The second-order valence-corrected chi connectivity index (χ2v) is 10.5. The van der Waals surface area contributed by atoms with Crippen LogP contribution in [-0.4, -0.2) is 59.1 Å². The zero-order valence-electron chi connectivity index (χ0n) is 18.4. The number of carbonyl (C=O) groups excluding carboxylic acids is 1. The molecule has 1 N–H and O–H groups in total. The van der Waals surface area contributed by atoms with E-state index in [9.17, 15) is 13.2 Å². The molecule has 1 aliphatic rings. The van der Waals surface area contributed by atoms with Crippen LogP contribution in [0.15, 0.2) is 70.9 Å². The van der Waals surface area contributed by atoms with E-state index >= 15 is 0 Å². The van der Waals surface area contributed by atoms with Gasteiger partial charge in [-0.15, -0.1) is 11.3 Å². The van der Waals surface area contributed by atoms with Gasteiger partial charge in [0, 0.05) is 43.2 Å². The molecular formula is C24H27N3O4S2. The van der Waals surface area contributed by atoms with Gasteiger partial charge in [0.15, 0.2) is 0 Å². The largest absolute Gasteiger partial charge is 0.495 e. The molecule has 7 nitrogen and oxygen atoms in total. The van der Waals surface area contributed by atoms with Crippen molar-refractivity contribution in [2.45, 2.75) is 11.3 Å². The summed E-state index contributed by atoms with van der Waals surface area (Å²) >= 11 is 1.60. The quantitative estimate of drug-likeness (QED) is 0.530. The maximum atomic E-state index is 12.9. The van der Waals surface area contributed by atoms with Crippen molar-refractivity contribution in [3.63, 3.8) is 0 Å². The Morgan fingerprint density at radius 2 is 1.73 bits per heavy atom. The van der Waals surface area contributed by atoms with Gasteiger partial charge in [-0.3, -0.25) is 4.79 Å². The first-order valence-corrected chi connectivity index (χ1v) is 13.1. The molecule has 1 aliphatic heterocycles. The van der Waals surface area contributed by atoms with Gasteiger partial charge in [-0.25, -0.2) is 13.1 Å². The van der Waals surface area contributed by atoms with Gasteiger partial charge in [0.1, 0.15) is 5.75 Å². The van der Waals surface area contributed by atoms with Gasteiger partial charge < -0.3 is 14.5 Å². The number of methoxy groups -OCH3 is 1. The Labute approximate surface area is 198 Å². The number of para-hydroxylation sites is 2. The minimum absolute atomic E-state index is 0.0933. The molecule has 174 valence electrons. The average molecular weight is 486 g/mol. The highest BCUT2D eigenvalue weighted by atomic mass is 32.2. The second kappa shape index (κ2) is 10.4. The Morgan fingerprint density at radius 3 is 2.39 bits per heavy atom. The number of carbonyl (C=O) groups is 1. The third kappa shape index (κ3) is 5.55. The molecule has 33 heavy (non-hydrogen) atoms. The summed E-state index contributed by atoms with van der Waals surface area (Å²) in [6.45, 7) is 2.90. The normalized spacial score (nSPS) is 14.3. The third-order valence-corrected chi connectivity index (χ3v) is 8.06. The molecule has 9 heteroatoms. The molecule has 2 aromatic carbocycles. The van der Waals surface area contributed by atoms with E-state index in [0.717, 1.165) is 16.3 Å². The van der Waals surface area contributed by atoms with Crippen LogP contribution in [0.25, 0.3) is 0 Å². The Hall–Kier alpha value is -2.88. The number of amides is 1. The summed E-state index contributed by atoms with van der Waals surface area (Å²) in [4.78, 5) is 18.2. The highest BCUT2D eigenvalue weighted by Gasteiger charge is 2.24. The van der Waals surface area contributed by atoms with E-state index in [2.05, 4.69) is 9.62 Å². The number of benzene rings is 2. The van der Waals surface area contributed by atoms with Crippen molar-refractivity contribution in [2.24, 2.45) is 0 Å². The first-order valence-electron chi connectivity index (χ1n) is 10.8. The van der Waals surface area contributed by atoms with Crippen molar-refractivity contribution >= 4 is 33.0 Å². The van der Waals surface area contributed by atoms with Crippen molar-refractivity contribution in [3.8, 4) is 5.75 Å². The molecule has 0 radical (unpaired) electrons. The molecule has 3 aromatic rings. The fourth-order valence-electron chi connectivity index (χ4n) is 3.85. The lowest BCUT2D eigenvalue weighted by atomic mass is 10.1. The van der Waals surface area contributed by atoms with Crippen molar-refractivity contribution in [2.75, 3.05) is 44.7 Å². The molecule has 0 saturated carbocycles. The van der Waals surface area contributed by atoms with Gasteiger partial charge in [-0.1, -0.05) is 18.2 Å². The number of ether oxygens (including phenoxy) is 1. The number of nitrogens with zero attached hydrogens (tertiary/aromatic N) is 2. The minimum Gasteiger partial charge on any atom is -0.495 e. The highest BCUT2D eigenvalue weighted by molar-refractivity contribution is 7.89. The van der Waals surface area contributed by atoms with Crippen molar-refractivity contribution in [1.82, 2.24) is 9.62 Å². The summed E-state index contributed by atoms with van der Waals surface area (Å²) in [6, 6.07) is 17.9. The van der Waals surface area contributed by atoms with Crippen LogP contribution in [0.2, 0.25) is 0 Å². The van der Waals surface area contributed by atoms with E-state index in [-0.39, 0.29) is 10.8 Å². The monoisotopic (exact) mass is 485 g/mol. The summed E-state index contributed by atoms with van der Waals surface area (Å²) in [5.74, 6) is 0.724. The van der Waals surface area contributed by atoms with Crippen LogP contribution in [0.1, 0.15) is 15.2 Å². The van der Waals surface area contributed by atoms with Crippen molar-refractivity contribution in [1.29, 1.82) is 0 Å². The maximum absolute atomic E-state index is 12.9. The zero-order chi connectivity index (χ0) is 23.3. The number of thiophene rings is 1. The molecule has 0 unspecified atom stereocenters. The predicted octanol–water partition coefficient (Wildman–Crippen LogP) is 3.24. The molecule has 1 saturated heterocycles. The van der Waals surface area contributed by atoms with Gasteiger partial charge in [-0.05, 0) is 54.3 Å². The lowest BCUT2D eigenvalue weighted by Crippen LogP contribution is -2.48. The minimum atomic E-state index is -3.61. The average Bonchev–Trinajstić information content (AvgIpc) is 3.37. The summed E-state index contributed by atoms with van der Waals surface area (Å²) in [5, 5.41) is 1.97. The van der Waals surface area contributed by atoms with Crippen molar-refractivity contribution in [3.05, 3.63) is 76.5 Å². The van der Waals surface area contributed by atoms with E-state index < -0.39 is 10.0 Å². The molecule has 0 atom stereocenters. The number of rotatable bonds is 8. The van der Waals surface area contributed by atoms with Crippen LogP contribution in [-0.2, 0) is 16.4 Å². The Balaban J connectivity index is 1.33. The number of nitrogens with one attached hydrogen (secondary N) is 1. The first kappa shape index (κ1) is 23.3. The van der Waals surface area contributed by atoms with Crippen LogP contribution < -0.4 is 14.4 Å². The molecule has 0 bridgehead atoms. The van der Waals surface area contributed by atoms with Crippen molar-refractivity contribution < 1.29 is 17.9 Å². The van der Waals surface area contributed by atoms with E-state index in [0.29, 0.717) is 44.7 Å². The van der Waals surface area contributed by atoms with Gasteiger partial charge in [0.2, 0.25) is 10.0 Å². The SMILES string of the molecule is COc1ccccc1N1CCN(C(=O)c2ccc(S(=O)(=O)NCCc3cccs3)cc2)CC1. The van der Waals surface area contributed by atoms with Gasteiger partial charge in [-0.2, -0.15) is 0 Å². The molecule has 0 aliphatic carbocycles. The predicted molar refractivity (Wildman–Crippen MR) is 131 cm³/mol. The molecular weight excluding hydrogens is 458 g/mol. The Morgan fingerprint density at radius 1 is 1.00 bits per heavy atom. The lowest BCUT2D eigenvalue weighted by molar-refractivity contribution is 0.0746. The molecule has 0 spiro atoms. The van der Waals surface area contributed by atoms with Gasteiger partial charge >= 0.3 is 0 Å². The van der Waals surface area contributed by atoms with Crippen LogP contribution in [0.4, 0.5) is 5.69 Å². The zero-order valence-corrected chi connectivity index (χ0v) is 20.1. The number of hydrogen-bond donors (Lipinski definition) is 1. The number of sulfonamides is 1. The van der Waals surface area contributed by atoms with Gasteiger partial charge in [0.05, 0.1) is 17.7 Å². The van der Waals surface area contributed by atoms with E-state index in [1.807, 2.05) is 41.8 Å². The van der Waals surface area contributed by atoms with Gasteiger partial charge in [0.25, 0.3) is 5.91 Å². The fourth-order valence-corrected chi connectivity index (χ4v) is 5.59. The third-order valence-electron chi connectivity index (χ3n) is 5.65. The maximum Gasteiger partial charge on any atom is 0.253 e. The van der Waals surface area contributed by atoms with E-state index in [4.69, 9.17) is 4.74 Å². The fraction of sp³-hybridized carbons (Fsp3) is 0.292. The van der Waals surface area contributed by atoms with E-state index in [1.165, 1.54) is 12.1 Å². The molecule has 4 rings (SSSR count). The number of hydrogen-bond acceptors (Lipinski definition) is 6. The smallest absolute Gasteiger partial charge is 0.253 e. The standard InChI is InChI=1S/C24H27N3O4S2/c1-31-23-7-3-2-6-22(23)26-14-16-27(17-15-26)24(28)19-8-10-21(11-9-19)33(29,30)25-13-12-20-5-4-18-32-20/h2-11,18,25H,12-17H2,1H3. The highest BCUT2D eigenvalue weighted by Crippen LogP contribution is 2.28. The molecule has 1 amide bonds. The van der Waals surface area contributed by atoms with E-state index in [1.54, 1.807) is 35.5 Å². The van der Waals surface area contributed by atoms with Crippen LogP contribution in [0.3, 0.4) is 0 Å². The molecule has 1 fully saturated rings. The summed E-state index contributed by atoms with van der Waals surface area (Å²) < 4.78 is 33.2. The van der Waals surface area contributed by atoms with Crippen LogP contribution in [0.5, 0.6) is 5.75 Å². The van der Waals surface area contributed by atoms with Crippen LogP contribution in [0, 0.1) is 0 Å². The Kier molecular flexibility index (Phi) is 7.32. The summed E-state index contributed by atoms with van der Waals surface area (Å²) in [6.07, 6.45) is 0.647. The Bertz CT molecular complexity index is 1170. The number of anilines is 1. The second-order valence-electron chi connectivity index (χ2n) is 7.70. The lowest BCUT2D eigenvalue weighted by Gasteiger charge is -2.36. The topological polar surface area (TPSA) is 79.0 Å². The van der Waals surface area contributed by atoms with Crippen LogP contribution >= 0.6 is 11.3 Å². The molecule has 2 heterocycles. The summed E-state index contributed by atoms with van der Waals surface area (Å²) in [7, 11) is -1.96. The summed E-state index contributed by atoms with van der Waals surface area (Å²) in [5.41, 5.74) is 1.51.